The second kappa shape index (κ2) is 16.8. The molecule has 2 fully saturated rings. The molecule has 2 aliphatic carbocycles. The van der Waals surface area contributed by atoms with Gasteiger partial charge in [0.05, 0.1) is 12.6 Å². The third kappa shape index (κ3) is 7.55. The zero-order chi connectivity index (χ0) is 38.6. The average molecular weight is 753 g/mol. The number of ether oxygens (including phenoxy) is 2. The molecule has 1 spiro atoms. The Morgan fingerprint density at radius 2 is 1.48 bits per heavy atom. The standard InChI is InChI=1S/C49H56N2O5/c1-34(52)32-50-30-29-49-41-26-27-42(48(49)56-47-44(55-35(2)53)28-25-39(46(47)49)31-43(41)50)51(33-40(37-20-12-7-13-21-37)38-22-14-8-15-23-38)45(54)24-16-5-3-4-9-17-36-18-10-6-11-19-36/h6-8,10-15,18-23,25,28,40-43,48H,3-5,9,16-17,24,26-27,29-33H2,1-2H3/t41-,42-,43+,48-,49-/m0/s1. The van der Waals surface area contributed by atoms with Gasteiger partial charge in [-0.25, -0.2) is 0 Å². The Kier molecular flexibility index (Phi) is 11.4. The fourth-order valence-corrected chi connectivity index (χ4v) is 10.9. The number of amides is 1. The first-order valence-corrected chi connectivity index (χ1v) is 21.0. The third-order valence-corrected chi connectivity index (χ3v) is 13.3. The molecule has 1 saturated heterocycles. The van der Waals surface area contributed by atoms with Crippen molar-refractivity contribution >= 4 is 17.7 Å². The molecule has 2 bridgehead atoms. The van der Waals surface area contributed by atoms with Crippen LogP contribution in [0.4, 0.5) is 0 Å². The molecule has 4 aliphatic rings. The van der Waals surface area contributed by atoms with Crippen LogP contribution in [0.15, 0.2) is 103 Å². The van der Waals surface area contributed by atoms with Gasteiger partial charge in [0.1, 0.15) is 11.9 Å². The third-order valence-electron chi connectivity index (χ3n) is 13.3. The molecule has 292 valence electrons. The number of carbonyl (C=O) groups is 3. The van der Waals surface area contributed by atoms with Gasteiger partial charge in [0.15, 0.2) is 11.5 Å². The van der Waals surface area contributed by atoms with Crippen molar-refractivity contribution in [3.05, 3.63) is 131 Å². The molecule has 2 heterocycles. The van der Waals surface area contributed by atoms with E-state index in [1.165, 1.54) is 34.7 Å². The number of benzene rings is 4. The summed E-state index contributed by atoms with van der Waals surface area (Å²) in [5.41, 5.74) is 5.81. The molecule has 2 aliphatic heterocycles. The maximum Gasteiger partial charge on any atom is 0.308 e. The number of hydrogen-bond donors (Lipinski definition) is 0. The highest BCUT2D eigenvalue weighted by Gasteiger charge is 2.66. The topological polar surface area (TPSA) is 76.2 Å². The minimum Gasteiger partial charge on any atom is -0.483 e. The van der Waals surface area contributed by atoms with Crippen LogP contribution in [-0.4, -0.2) is 65.3 Å². The van der Waals surface area contributed by atoms with Crippen LogP contribution in [0.3, 0.4) is 0 Å². The van der Waals surface area contributed by atoms with Crippen LogP contribution in [0, 0.1) is 5.92 Å². The molecule has 4 aromatic rings. The van der Waals surface area contributed by atoms with Crippen molar-refractivity contribution in [2.75, 3.05) is 19.6 Å². The fourth-order valence-electron chi connectivity index (χ4n) is 10.9. The van der Waals surface area contributed by atoms with E-state index in [0.717, 1.165) is 70.8 Å². The molecule has 1 amide bonds. The number of rotatable bonds is 16. The average Bonchev–Trinajstić information content (AvgIpc) is 3.56. The van der Waals surface area contributed by atoms with Crippen LogP contribution in [0.25, 0.3) is 0 Å². The van der Waals surface area contributed by atoms with E-state index in [9.17, 15) is 14.4 Å². The molecule has 0 aromatic heterocycles. The van der Waals surface area contributed by atoms with Crippen molar-refractivity contribution in [3.63, 3.8) is 0 Å². The molecule has 4 aromatic carbocycles. The van der Waals surface area contributed by atoms with Gasteiger partial charge in [-0.05, 0) is 92.7 Å². The maximum atomic E-state index is 15.0. The number of nitrogens with zero attached hydrogens (tertiary/aromatic N) is 2. The van der Waals surface area contributed by atoms with Gasteiger partial charge in [0.2, 0.25) is 5.91 Å². The van der Waals surface area contributed by atoms with E-state index in [1.807, 2.05) is 6.07 Å². The summed E-state index contributed by atoms with van der Waals surface area (Å²) in [6.07, 6.45) is 10.0. The van der Waals surface area contributed by atoms with Crippen LogP contribution in [0.2, 0.25) is 0 Å². The SMILES string of the molecule is CC(=O)CN1CC[C@]23c4c5ccc(OC(C)=O)c4O[C@H]2[C@@H](N(CC(c2ccccc2)c2ccccc2)C(=O)CCCCCCCc2ccccc2)CC[C@H]3[C@H]1C5. The molecule has 7 nitrogen and oxygen atoms in total. The summed E-state index contributed by atoms with van der Waals surface area (Å²) < 4.78 is 13.0. The van der Waals surface area contributed by atoms with E-state index in [0.29, 0.717) is 31.0 Å². The number of carbonyl (C=O) groups excluding carboxylic acids is 3. The predicted octanol–water partition coefficient (Wildman–Crippen LogP) is 8.85. The molecule has 5 atom stereocenters. The second-order valence-electron chi connectivity index (χ2n) is 16.7. The summed E-state index contributed by atoms with van der Waals surface area (Å²) >= 11 is 0. The van der Waals surface area contributed by atoms with Gasteiger partial charge in [0, 0.05) is 42.8 Å². The number of esters is 1. The fraction of sp³-hybridized carbons (Fsp3) is 0.449. The van der Waals surface area contributed by atoms with Crippen molar-refractivity contribution in [2.45, 2.75) is 114 Å². The van der Waals surface area contributed by atoms with E-state index in [2.05, 4.69) is 107 Å². The normalized spacial score (nSPS) is 23.3. The van der Waals surface area contributed by atoms with E-state index in [-0.39, 0.29) is 53.1 Å². The zero-order valence-corrected chi connectivity index (χ0v) is 33.0. The monoisotopic (exact) mass is 752 g/mol. The van der Waals surface area contributed by atoms with Crippen molar-refractivity contribution in [2.24, 2.45) is 5.92 Å². The molecular formula is C49H56N2O5. The van der Waals surface area contributed by atoms with Crippen molar-refractivity contribution in [3.8, 4) is 11.5 Å². The lowest BCUT2D eigenvalue weighted by molar-refractivity contribution is -0.144. The van der Waals surface area contributed by atoms with Gasteiger partial charge in [-0.15, -0.1) is 0 Å². The predicted molar refractivity (Wildman–Crippen MR) is 219 cm³/mol. The van der Waals surface area contributed by atoms with E-state index < -0.39 is 0 Å². The highest BCUT2D eigenvalue weighted by Crippen LogP contribution is 2.64. The number of ketones is 1. The van der Waals surface area contributed by atoms with E-state index >= 15 is 0 Å². The summed E-state index contributed by atoms with van der Waals surface area (Å²) in [5, 5.41) is 0. The second-order valence-corrected chi connectivity index (χ2v) is 16.7. The number of piperidine rings is 1. The Morgan fingerprint density at radius 3 is 2.16 bits per heavy atom. The smallest absolute Gasteiger partial charge is 0.308 e. The number of Topliss-reactive ketones (excluding diaryl/α,β-unsaturated/α-hetero) is 1. The first-order valence-electron chi connectivity index (χ1n) is 21.0. The summed E-state index contributed by atoms with van der Waals surface area (Å²) in [7, 11) is 0. The Morgan fingerprint density at radius 1 is 0.821 bits per heavy atom. The van der Waals surface area contributed by atoms with Gasteiger partial charge in [-0.1, -0.05) is 116 Å². The van der Waals surface area contributed by atoms with Crippen LogP contribution in [-0.2, 0) is 32.6 Å². The first-order chi connectivity index (χ1) is 27.3. The lowest BCUT2D eigenvalue weighted by atomic mass is 9.51. The zero-order valence-electron chi connectivity index (χ0n) is 33.0. The molecular weight excluding hydrogens is 697 g/mol. The van der Waals surface area contributed by atoms with Gasteiger partial charge >= 0.3 is 5.97 Å². The molecule has 1 saturated carbocycles. The summed E-state index contributed by atoms with van der Waals surface area (Å²) in [6.45, 7) is 4.92. The lowest BCUT2D eigenvalue weighted by Gasteiger charge is -2.60. The maximum absolute atomic E-state index is 15.0. The van der Waals surface area contributed by atoms with Crippen LogP contribution >= 0.6 is 0 Å². The Hall–Kier alpha value is -4.75. The Labute approximate surface area is 332 Å². The molecule has 0 radical (unpaired) electrons. The van der Waals surface area contributed by atoms with Gasteiger partial charge < -0.3 is 14.4 Å². The molecule has 0 unspecified atom stereocenters. The summed E-state index contributed by atoms with van der Waals surface area (Å²) in [5.74, 6) is 1.41. The molecule has 0 N–H and O–H groups in total. The number of likely N-dealkylation sites (tertiary alicyclic amines) is 1. The number of aryl methyl sites for hydroxylation is 1. The van der Waals surface area contributed by atoms with Crippen molar-refractivity contribution in [1.82, 2.24) is 9.80 Å². The largest absolute Gasteiger partial charge is 0.483 e. The highest BCUT2D eigenvalue weighted by molar-refractivity contribution is 5.78. The van der Waals surface area contributed by atoms with Crippen LogP contribution in [0.5, 0.6) is 11.5 Å². The molecule has 56 heavy (non-hydrogen) atoms. The van der Waals surface area contributed by atoms with E-state index in [1.54, 1.807) is 6.92 Å². The lowest BCUT2D eigenvalue weighted by Crippen LogP contribution is -2.69. The Balaban J connectivity index is 1.11. The van der Waals surface area contributed by atoms with Crippen LogP contribution in [0.1, 0.15) is 105 Å². The van der Waals surface area contributed by atoms with Gasteiger partial charge in [-0.3, -0.25) is 19.3 Å². The van der Waals surface area contributed by atoms with Crippen LogP contribution < -0.4 is 9.47 Å². The quantitative estimate of drug-likeness (QED) is 0.0647. The van der Waals surface area contributed by atoms with Crippen molar-refractivity contribution < 1.29 is 23.9 Å². The minimum absolute atomic E-state index is 0.0120. The van der Waals surface area contributed by atoms with Gasteiger partial charge in [-0.2, -0.15) is 0 Å². The van der Waals surface area contributed by atoms with E-state index in [4.69, 9.17) is 9.47 Å². The Bertz CT molecular complexity index is 1960. The minimum atomic E-state index is -0.374. The highest BCUT2D eigenvalue weighted by atomic mass is 16.6. The van der Waals surface area contributed by atoms with Crippen molar-refractivity contribution in [1.29, 1.82) is 0 Å². The summed E-state index contributed by atoms with van der Waals surface area (Å²) in [4.78, 5) is 44.5. The molecule has 8 rings (SSSR count). The summed E-state index contributed by atoms with van der Waals surface area (Å²) in [6, 6.07) is 35.9. The number of unbranched alkanes of at least 4 members (excludes halogenated alkanes) is 4. The first kappa shape index (κ1) is 38.1. The number of hydrogen-bond acceptors (Lipinski definition) is 6. The molecule has 7 heteroatoms. The van der Waals surface area contributed by atoms with Gasteiger partial charge in [0.25, 0.3) is 0 Å².